The number of nitrogens with zero attached hydrogens (tertiary/aromatic N) is 2. The molecule has 1 aliphatic heterocycles. The van der Waals surface area contributed by atoms with Gasteiger partial charge in [-0.05, 0) is 43.4 Å². The van der Waals surface area contributed by atoms with Gasteiger partial charge in [0.1, 0.15) is 5.82 Å². The van der Waals surface area contributed by atoms with Crippen LogP contribution in [0.3, 0.4) is 0 Å². The van der Waals surface area contributed by atoms with Crippen LogP contribution in [0.25, 0.3) is 0 Å². The van der Waals surface area contributed by atoms with E-state index in [0.29, 0.717) is 23.5 Å². The fourth-order valence-electron chi connectivity index (χ4n) is 4.73. The van der Waals surface area contributed by atoms with Crippen LogP contribution in [-0.2, 0) is 11.3 Å². The Balaban J connectivity index is 1.57. The molecule has 0 N–H and O–H groups in total. The molecule has 4 atom stereocenters. The molecule has 0 amide bonds. The Morgan fingerprint density at radius 2 is 2.14 bits per heavy atom. The van der Waals surface area contributed by atoms with Crippen molar-refractivity contribution in [2.24, 2.45) is 17.8 Å². The Morgan fingerprint density at radius 1 is 1.27 bits per heavy atom. The summed E-state index contributed by atoms with van der Waals surface area (Å²) in [5.74, 6) is 3.18. The zero-order valence-corrected chi connectivity index (χ0v) is 14.0. The van der Waals surface area contributed by atoms with Crippen molar-refractivity contribution in [3.63, 3.8) is 0 Å². The van der Waals surface area contributed by atoms with Crippen molar-refractivity contribution in [1.82, 2.24) is 9.55 Å². The van der Waals surface area contributed by atoms with Crippen molar-refractivity contribution < 1.29 is 4.79 Å². The third kappa shape index (κ3) is 2.45. The zero-order chi connectivity index (χ0) is 15.1. The first kappa shape index (κ1) is 14.6. The minimum absolute atomic E-state index is 0.285. The maximum absolute atomic E-state index is 13.1. The molecule has 0 bridgehead atoms. The lowest BCUT2D eigenvalue weighted by Crippen LogP contribution is -2.44. The average molecular weight is 316 g/mol. The molecular formula is C18H24N2OS. The predicted octanol–water partition coefficient (Wildman–Crippen LogP) is 3.98. The monoisotopic (exact) mass is 316 g/mol. The molecule has 118 valence electrons. The van der Waals surface area contributed by atoms with Crippen LogP contribution >= 0.6 is 11.8 Å². The summed E-state index contributed by atoms with van der Waals surface area (Å²) in [6.45, 7) is 2.69. The second-order valence-electron chi connectivity index (χ2n) is 7.10. The van der Waals surface area contributed by atoms with Crippen molar-refractivity contribution in [2.75, 3.05) is 0 Å². The van der Waals surface area contributed by atoms with E-state index in [1.165, 1.54) is 38.5 Å². The second-order valence-corrected chi connectivity index (χ2v) is 8.21. The Bertz CT molecular complexity index is 606. The van der Waals surface area contributed by atoms with Crippen LogP contribution in [0.15, 0.2) is 23.4 Å². The molecule has 0 radical (unpaired) electrons. The summed E-state index contributed by atoms with van der Waals surface area (Å²) < 4.78 is 2.09. The Morgan fingerprint density at radius 3 is 2.95 bits per heavy atom. The highest BCUT2D eigenvalue weighted by molar-refractivity contribution is 8.02. The molecule has 3 aliphatic rings. The molecule has 1 aromatic rings. The summed E-state index contributed by atoms with van der Waals surface area (Å²) >= 11 is 1.93. The molecule has 0 saturated heterocycles. The van der Waals surface area contributed by atoms with E-state index in [9.17, 15) is 4.79 Å². The number of Topliss-reactive ketones (excluding diaryl/α,β-unsaturated/α-hetero) is 1. The molecule has 4 rings (SSSR count). The molecule has 2 aliphatic carbocycles. The first-order chi connectivity index (χ1) is 10.7. The van der Waals surface area contributed by atoms with Gasteiger partial charge in [0.15, 0.2) is 5.78 Å². The molecular weight excluding hydrogens is 292 g/mol. The Labute approximate surface area is 136 Å². The highest BCUT2D eigenvalue weighted by atomic mass is 32.2. The molecule has 2 heterocycles. The number of imidazole rings is 1. The van der Waals surface area contributed by atoms with Gasteiger partial charge in [-0.15, -0.1) is 11.8 Å². The smallest absolute Gasteiger partial charge is 0.165 e. The molecule has 4 unspecified atom stereocenters. The minimum Gasteiger partial charge on any atom is -0.331 e. The molecule has 2 saturated carbocycles. The molecule has 2 fully saturated rings. The number of ketones is 1. The number of hydrogen-bond acceptors (Lipinski definition) is 3. The Kier molecular flexibility index (Phi) is 3.89. The summed E-state index contributed by atoms with van der Waals surface area (Å²) in [6.07, 6.45) is 11.7. The van der Waals surface area contributed by atoms with Crippen LogP contribution in [0.1, 0.15) is 44.3 Å². The van der Waals surface area contributed by atoms with Crippen LogP contribution in [-0.4, -0.2) is 20.6 Å². The van der Waals surface area contributed by atoms with E-state index < -0.39 is 0 Å². The number of allylic oxidation sites excluding steroid dienone is 1. The standard InChI is InChI=1S/C18H24N2OS/c1-12-19-8-9-20(12)10-14-11-22-16-7-6-13-4-2-3-5-15(13)17(16)18(14)21/h8-9,11,13,15-17H,2-7,10H2,1H3. The first-order valence-corrected chi connectivity index (χ1v) is 9.55. The van der Waals surface area contributed by atoms with Gasteiger partial charge in [-0.3, -0.25) is 4.79 Å². The second kappa shape index (κ2) is 5.88. The number of carbonyl (C=O) groups excluding carboxylic acids is 1. The Hall–Kier alpha value is -1.03. The molecule has 0 aromatic carbocycles. The summed E-state index contributed by atoms with van der Waals surface area (Å²) in [5, 5.41) is 2.69. The zero-order valence-electron chi connectivity index (χ0n) is 13.2. The van der Waals surface area contributed by atoms with E-state index in [-0.39, 0.29) is 5.92 Å². The molecule has 1 aromatic heterocycles. The van der Waals surface area contributed by atoms with Crippen molar-refractivity contribution >= 4 is 17.5 Å². The third-order valence-electron chi connectivity index (χ3n) is 5.92. The first-order valence-electron chi connectivity index (χ1n) is 8.60. The van der Waals surface area contributed by atoms with Gasteiger partial charge in [0.2, 0.25) is 0 Å². The number of rotatable bonds is 2. The van der Waals surface area contributed by atoms with Gasteiger partial charge in [-0.25, -0.2) is 4.98 Å². The van der Waals surface area contributed by atoms with Crippen LogP contribution in [0, 0.1) is 24.7 Å². The number of aryl methyl sites for hydroxylation is 1. The fourth-order valence-corrected chi connectivity index (χ4v) is 6.02. The van der Waals surface area contributed by atoms with Gasteiger partial charge in [0.25, 0.3) is 0 Å². The van der Waals surface area contributed by atoms with Gasteiger partial charge in [-0.2, -0.15) is 0 Å². The highest BCUT2D eigenvalue weighted by Gasteiger charge is 2.46. The number of thioether (sulfide) groups is 1. The van der Waals surface area contributed by atoms with Crippen molar-refractivity contribution in [1.29, 1.82) is 0 Å². The van der Waals surface area contributed by atoms with Crippen LogP contribution < -0.4 is 0 Å². The summed E-state index contributed by atoms with van der Waals surface area (Å²) in [6, 6.07) is 0. The van der Waals surface area contributed by atoms with Crippen molar-refractivity contribution in [2.45, 2.75) is 57.2 Å². The summed E-state index contributed by atoms with van der Waals surface area (Å²) in [4.78, 5) is 17.4. The number of hydrogen-bond donors (Lipinski definition) is 0. The van der Waals surface area contributed by atoms with Crippen LogP contribution in [0.2, 0.25) is 0 Å². The van der Waals surface area contributed by atoms with E-state index in [1.807, 2.05) is 31.1 Å². The van der Waals surface area contributed by atoms with Gasteiger partial charge >= 0.3 is 0 Å². The van der Waals surface area contributed by atoms with E-state index >= 15 is 0 Å². The molecule has 3 nitrogen and oxygen atoms in total. The maximum atomic E-state index is 13.1. The molecule has 4 heteroatoms. The largest absolute Gasteiger partial charge is 0.331 e. The molecule has 0 spiro atoms. The topological polar surface area (TPSA) is 34.9 Å². The normalized spacial score (nSPS) is 34.8. The van der Waals surface area contributed by atoms with Gasteiger partial charge in [0.05, 0.1) is 6.54 Å². The number of fused-ring (bicyclic) bond motifs is 3. The third-order valence-corrected chi connectivity index (χ3v) is 7.22. The lowest BCUT2D eigenvalue weighted by molar-refractivity contribution is -0.123. The lowest BCUT2D eigenvalue weighted by atomic mass is 9.63. The fraction of sp³-hybridized carbons (Fsp3) is 0.667. The van der Waals surface area contributed by atoms with Crippen LogP contribution in [0.5, 0.6) is 0 Å². The van der Waals surface area contributed by atoms with Gasteiger partial charge in [-0.1, -0.05) is 19.3 Å². The highest BCUT2D eigenvalue weighted by Crippen LogP contribution is 2.50. The van der Waals surface area contributed by atoms with Crippen LogP contribution in [0.4, 0.5) is 0 Å². The van der Waals surface area contributed by atoms with E-state index in [0.717, 1.165) is 17.3 Å². The lowest BCUT2D eigenvalue weighted by Gasteiger charge is -2.46. The van der Waals surface area contributed by atoms with Crippen molar-refractivity contribution in [3.8, 4) is 0 Å². The summed E-state index contributed by atoms with van der Waals surface area (Å²) in [5.41, 5.74) is 0.999. The summed E-state index contributed by atoms with van der Waals surface area (Å²) in [7, 11) is 0. The number of carbonyl (C=O) groups is 1. The van der Waals surface area contributed by atoms with E-state index in [1.54, 1.807) is 0 Å². The maximum Gasteiger partial charge on any atom is 0.165 e. The van der Waals surface area contributed by atoms with Crippen molar-refractivity contribution in [3.05, 3.63) is 29.2 Å². The van der Waals surface area contributed by atoms with Gasteiger partial charge in [0, 0.05) is 29.1 Å². The van der Waals surface area contributed by atoms with E-state index in [4.69, 9.17) is 0 Å². The average Bonchev–Trinajstić information content (AvgIpc) is 2.94. The van der Waals surface area contributed by atoms with Gasteiger partial charge < -0.3 is 4.57 Å². The number of aromatic nitrogens is 2. The predicted molar refractivity (Wildman–Crippen MR) is 89.6 cm³/mol. The van der Waals surface area contributed by atoms with E-state index in [2.05, 4.69) is 15.0 Å². The minimum atomic E-state index is 0.285. The molecule has 22 heavy (non-hydrogen) atoms. The SMILES string of the molecule is Cc1nccn1CC1=CSC2CCC3CCCCC3C2C1=O. The quantitative estimate of drug-likeness (QED) is 0.828.